The average Bonchev–Trinajstić information content (AvgIpc) is 2.60. The third-order valence-electron chi connectivity index (χ3n) is 3.39. The molecule has 0 unspecified atom stereocenters. The first-order chi connectivity index (χ1) is 11.7. The zero-order valence-electron chi connectivity index (χ0n) is 13.7. The van der Waals surface area contributed by atoms with E-state index in [1.165, 1.54) is 12.8 Å². The summed E-state index contributed by atoms with van der Waals surface area (Å²) in [5.74, 6) is 0.496. The van der Waals surface area contributed by atoms with Crippen molar-refractivity contribution in [2.75, 3.05) is 6.61 Å². The van der Waals surface area contributed by atoms with Crippen molar-refractivity contribution in [2.45, 2.75) is 26.2 Å². The molecule has 0 atom stereocenters. The number of rotatable bonds is 8. The van der Waals surface area contributed by atoms with Gasteiger partial charge in [-0.1, -0.05) is 43.5 Å². The summed E-state index contributed by atoms with van der Waals surface area (Å²) >= 11 is 5.97. The van der Waals surface area contributed by atoms with Gasteiger partial charge in [0.05, 0.1) is 23.4 Å². The van der Waals surface area contributed by atoms with Gasteiger partial charge in [0, 0.05) is 0 Å². The lowest BCUT2D eigenvalue weighted by atomic mass is 10.2. The van der Waals surface area contributed by atoms with Crippen LogP contribution >= 0.6 is 11.6 Å². The Hall–Kier alpha value is -2.33. The first-order valence-electron chi connectivity index (χ1n) is 8.01. The normalized spacial score (nSPS) is 10.8. The van der Waals surface area contributed by atoms with Gasteiger partial charge < -0.3 is 4.74 Å². The van der Waals surface area contributed by atoms with Crippen molar-refractivity contribution in [3.05, 3.63) is 64.7 Å². The number of hydrazone groups is 1. The summed E-state index contributed by atoms with van der Waals surface area (Å²) in [4.78, 5) is 12.0. The Labute approximate surface area is 147 Å². The van der Waals surface area contributed by atoms with Gasteiger partial charge in [0.25, 0.3) is 5.91 Å². The van der Waals surface area contributed by atoms with Gasteiger partial charge in [0.1, 0.15) is 5.75 Å². The quantitative estimate of drug-likeness (QED) is 0.429. The monoisotopic (exact) mass is 344 g/mol. The van der Waals surface area contributed by atoms with Crippen LogP contribution in [0, 0.1) is 0 Å². The lowest BCUT2D eigenvalue weighted by Gasteiger charge is -2.05. The SMILES string of the molecule is CCCCCOc1ccc(/C=N/NC(=O)c2ccccc2Cl)cc1. The predicted octanol–water partition coefficient (Wildman–Crippen LogP) is 4.67. The van der Waals surface area contributed by atoms with E-state index >= 15 is 0 Å². The highest BCUT2D eigenvalue weighted by Crippen LogP contribution is 2.14. The molecule has 0 spiro atoms. The molecule has 24 heavy (non-hydrogen) atoms. The van der Waals surface area contributed by atoms with Gasteiger partial charge >= 0.3 is 0 Å². The zero-order chi connectivity index (χ0) is 17.2. The smallest absolute Gasteiger partial charge is 0.272 e. The van der Waals surface area contributed by atoms with E-state index in [2.05, 4.69) is 17.5 Å². The lowest BCUT2D eigenvalue weighted by Crippen LogP contribution is -2.17. The number of halogens is 1. The van der Waals surface area contributed by atoms with Gasteiger partial charge in [-0.15, -0.1) is 0 Å². The number of ether oxygens (including phenoxy) is 1. The van der Waals surface area contributed by atoms with Crippen LogP contribution in [0.4, 0.5) is 0 Å². The second kappa shape index (κ2) is 9.73. The van der Waals surface area contributed by atoms with Crippen LogP contribution in [0.3, 0.4) is 0 Å². The van der Waals surface area contributed by atoms with Crippen LogP contribution in [0.25, 0.3) is 0 Å². The van der Waals surface area contributed by atoms with Crippen molar-refractivity contribution in [1.82, 2.24) is 5.43 Å². The first kappa shape index (κ1) is 18.0. The Kier molecular flexibility index (Phi) is 7.30. The van der Waals surface area contributed by atoms with E-state index in [1.54, 1.807) is 30.5 Å². The largest absolute Gasteiger partial charge is 0.494 e. The van der Waals surface area contributed by atoms with Gasteiger partial charge in [0.15, 0.2) is 0 Å². The minimum Gasteiger partial charge on any atom is -0.494 e. The predicted molar refractivity (Wildman–Crippen MR) is 98.0 cm³/mol. The Bertz CT molecular complexity index is 684. The molecule has 2 rings (SSSR count). The van der Waals surface area contributed by atoms with E-state index in [0.717, 1.165) is 24.3 Å². The number of hydrogen-bond donors (Lipinski definition) is 1. The maximum absolute atomic E-state index is 12.0. The summed E-state index contributed by atoms with van der Waals surface area (Å²) in [6.45, 7) is 2.90. The Morgan fingerprint density at radius 2 is 1.92 bits per heavy atom. The topological polar surface area (TPSA) is 50.7 Å². The summed E-state index contributed by atoms with van der Waals surface area (Å²) in [5, 5.41) is 4.35. The fraction of sp³-hybridized carbons (Fsp3) is 0.263. The third kappa shape index (κ3) is 5.70. The van der Waals surface area contributed by atoms with Gasteiger partial charge in [-0.2, -0.15) is 5.10 Å². The second-order valence-corrected chi connectivity index (χ2v) is 5.71. The zero-order valence-corrected chi connectivity index (χ0v) is 14.4. The van der Waals surface area contributed by atoms with Gasteiger partial charge in [-0.3, -0.25) is 4.79 Å². The van der Waals surface area contributed by atoms with E-state index < -0.39 is 0 Å². The molecular weight excluding hydrogens is 324 g/mol. The molecule has 0 saturated heterocycles. The van der Waals surface area contributed by atoms with Crippen LogP contribution < -0.4 is 10.2 Å². The Morgan fingerprint density at radius 3 is 2.62 bits per heavy atom. The molecule has 126 valence electrons. The highest BCUT2D eigenvalue weighted by atomic mass is 35.5. The first-order valence-corrected chi connectivity index (χ1v) is 8.39. The van der Waals surface area contributed by atoms with E-state index in [9.17, 15) is 4.79 Å². The van der Waals surface area contributed by atoms with Crippen LogP contribution in [0.1, 0.15) is 42.1 Å². The number of hydrogen-bond acceptors (Lipinski definition) is 3. The highest BCUT2D eigenvalue weighted by molar-refractivity contribution is 6.33. The summed E-state index contributed by atoms with van der Waals surface area (Å²) < 4.78 is 5.65. The van der Waals surface area contributed by atoms with E-state index in [-0.39, 0.29) is 5.91 Å². The van der Waals surface area contributed by atoms with Gasteiger partial charge in [-0.25, -0.2) is 5.43 Å². The van der Waals surface area contributed by atoms with Crippen molar-refractivity contribution >= 4 is 23.7 Å². The van der Waals surface area contributed by atoms with Gasteiger partial charge in [0.2, 0.25) is 0 Å². The molecule has 0 bridgehead atoms. The molecule has 0 aliphatic carbocycles. The highest BCUT2D eigenvalue weighted by Gasteiger charge is 2.07. The molecule has 2 aromatic carbocycles. The molecule has 1 N–H and O–H groups in total. The minimum atomic E-state index is -0.340. The van der Waals surface area contributed by atoms with Crippen molar-refractivity contribution < 1.29 is 9.53 Å². The van der Waals surface area contributed by atoms with Crippen LogP contribution in [0.15, 0.2) is 53.6 Å². The van der Waals surface area contributed by atoms with Crippen molar-refractivity contribution in [2.24, 2.45) is 5.10 Å². The minimum absolute atomic E-state index is 0.340. The average molecular weight is 345 g/mol. The van der Waals surface area contributed by atoms with Crippen molar-refractivity contribution in [3.8, 4) is 5.75 Å². The van der Waals surface area contributed by atoms with E-state index in [1.807, 2.05) is 24.3 Å². The fourth-order valence-electron chi connectivity index (χ4n) is 2.06. The number of nitrogens with zero attached hydrogens (tertiary/aromatic N) is 1. The molecule has 1 amide bonds. The molecule has 5 heteroatoms. The summed E-state index contributed by atoms with van der Waals surface area (Å²) in [7, 11) is 0. The van der Waals surface area contributed by atoms with E-state index in [0.29, 0.717) is 10.6 Å². The molecule has 4 nitrogen and oxygen atoms in total. The standard InChI is InChI=1S/C19H21ClN2O2/c1-2-3-6-13-24-16-11-9-15(10-12-16)14-21-22-19(23)17-7-4-5-8-18(17)20/h4-5,7-12,14H,2-3,6,13H2,1H3,(H,22,23)/b21-14+. The second-order valence-electron chi connectivity index (χ2n) is 5.30. The van der Waals surface area contributed by atoms with Crippen LogP contribution in [-0.2, 0) is 0 Å². The van der Waals surface area contributed by atoms with Crippen molar-refractivity contribution in [3.63, 3.8) is 0 Å². The summed E-state index contributed by atoms with van der Waals surface area (Å²) in [6.07, 6.45) is 5.00. The lowest BCUT2D eigenvalue weighted by molar-refractivity contribution is 0.0955. The molecular formula is C19H21ClN2O2. The molecule has 0 heterocycles. The Morgan fingerprint density at radius 1 is 1.17 bits per heavy atom. The fourth-order valence-corrected chi connectivity index (χ4v) is 2.28. The number of carbonyl (C=O) groups is 1. The van der Waals surface area contributed by atoms with Gasteiger partial charge in [-0.05, 0) is 48.4 Å². The van der Waals surface area contributed by atoms with E-state index in [4.69, 9.17) is 16.3 Å². The maximum atomic E-state index is 12.0. The number of amides is 1. The van der Waals surface area contributed by atoms with Crippen LogP contribution in [-0.4, -0.2) is 18.7 Å². The Balaban J connectivity index is 1.84. The van der Waals surface area contributed by atoms with Crippen molar-refractivity contribution in [1.29, 1.82) is 0 Å². The molecule has 0 aliphatic rings. The maximum Gasteiger partial charge on any atom is 0.272 e. The molecule has 0 saturated carbocycles. The molecule has 0 aliphatic heterocycles. The third-order valence-corrected chi connectivity index (χ3v) is 3.72. The molecule has 0 radical (unpaired) electrons. The molecule has 2 aromatic rings. The number of carbonyl (C=O) groups excluding carboxylic acids is 1. The summed E-state index contributed by atoms with van der Waals surface area (Å²) in [6, 6.07) is 14.4. The van der Waals surface area contributed by atoms with Crippen LogP contribution in [0.2, 0.25) is 5.02 Å². The molecule has 0 fully saturated rings. The number of benzene rings is 2. The van der Waals surface area contributed by atoms with Crippen LogP contribution in [0.5, 0.6) is 5.75 Å². The number of nitrogens with one attached hydrogen (secondary N) is 1. The number of unbranched alkanes of at least 4 members (excludes halogenated alkanes) is 2. The molecule has 0 aromatic heterocycles. The summed E-state index contributed by atoms with van der Waals surface area (Å²) in [5.41, 5.74) is 3.73.